The lowest BCUT2D eigenvalue weighted by molar-refractivity contribution is -0.116. The van der Waals surface area contributed by atoms with Crippen LogP contribution in [0, 0.1) is 0 Å². The molecule has 0 aromatic rings. The Morgan fingerprint density at radius 3 is 0.571 bits per heavy atom. The summed E-state index contributed by atoms with van der Waals surface area (Å²) >= 11 is 0. The summed E-state index contributed by atoms with van der Waals surface area (Å²) in [4.78, 5) is 47.9. The lowest BCUT2D eigenvalue weighted by Gasteiger charge is -2.14. The molecule has 0 N–H and O–H groups in total. The first-order valence-electron chi connectivity index (χ1n) is 10.6. The molecular weight excluding hydrogens is 352 g/mol. The summed E-state index contributed by atoms with van der Waals surface area (Å²) in [5, 5.41) is 0. The summed E-state index contributed by atoms with van der Waals surface area (Å²) in [6.45, 7) is 0. The van der Waals surface area contributed by atoms with E-state index in [4.69, 9.17) is 0 Å². The van der Waals surface area contributed by atoms with Crippen molar-refractivity contribution in [3.05, 3.63) is 44.6 Å². The van der Waals surface area contributed by atoms with Crippen molar-refractivity contribution in [2.45, 2.75) is 77.0 Å². The second-order valence-electron chi connectivity index (χ2n) is 8.56. The third-order valence-corrected chi connectivity index (χ3v) is 7.06. The van der Waals surface area contributed by atoms with E-state index in [-0.39, 0.29) is 23.1 Å². The third-order valence-electron chi connectivity index (χ3n) is 7.06. The highest BCUT2D eigenvalue weighted by Gasteiger charge is 2.38. The van der Waals surface area contributed by atoms with Crippen LogP contribution < -0.4 is 0 Å². The lowest BCUT2D eigenvalue weighted by atomic mass is 9.87. The van der Waals surface area contributed by atoms with Gasteiger partial charge in [-0.1, -0.05) is 0 Å². The van der Waals surface area contributed by atoms with Gasteiger partial charge in [0, 0.05) is 44.6 Å². The molecule has 0 spiro atoms. The van der Waals surface area contributed by atoms with Crippen molar-refractivity contribution in [3.63, 3.8) is 0 Å². The molecule has 0 amide bonds. The zero-order chi connectivity index (χ0) is 19.4. The summed E-state index contributed by atoms with van der Waals surface area (Å²) in [5.41, 5.74) is 6.75. The maximum Gasteiger partial charge on any atom is 0.185 e. The van der Waals surface area contributed by atoms with E-state index in [9.17, 15) is 19.2 Å². The molecule has 0 aromatic carbocycles. The van der Waals surface area contributed by atoms with Gasteiger partial charge in [0.05, 0.1) is 0 Å². The Balaban J connectivity index is 0.000000122. The van der Waals surface area contributed by atoms with E-state index in [0.717, 1.165) is 122 Å². The van der Waals surface area contributed by atoms with Gasteiger partial charge >= 0.3 is 0 Å². The molecule has 0 heterocycles. The molecule has 0 unspecified atom stereocenters. The quantitative estimate of drug-likeness (QED) is 0.594. The highest BCUT2D eigenvalue weighted by molar-refractivity contribution is 6.26. The topological polar surface area (TPSA) is 68.3 Å². The van der Waals surface area contributed by atoms with Crippen LogP contribution in [0.2, 0.25) is 0 Å². The summed E-state index contributed by atoms with van der Waals surface area (Å²) < 4.78 is 0. The fraction of sp³-hybridized carbons (Fsp3) is 0.500. The summed E-state index contributed by atoms with van der Waals surface area (Å²) in [6.07, 6.45) is 10.6. The number of ketones is 4. The number of rotatable bonds is 0. The minimum Gasteiger partial charge on any atom is -0.289 e. The fourth-order valence-electron chi connectivity index (χ4n) is 5.71. The first kappa shape index (κ1) is 17.7. The molecule has 0 saturated carbocycles. The predicted molar refractivity (Wildman–Crippen MR) is 104 cm³/mol. The molecule has 0 aliphatic heterocycles. The van der Waals surface area contributed by atoms with Gasteiger partial charge in [-0.25, -0.2) is 0 Å². The fourth-order valence-corrected chi connectivity index (χ4v) is 5.71. The van der Waals surface area contributed by atoms with Crippen molar-refractivity contribution in [2.75, 3.05) is 0 Å². The maximum atomic E-state index is 12.0. The van der Waals surface area contributed by atoms with Crippen LogP contribution in [0.1, 0.15) is 77.0 Å². The molecule has 6 rings (SSSR count). The van der Waals surface area contributed by atoms with Crippen LogP contribution >= 0.6 is 0 Å². The number of hydrogen-bond donors (Lipinski definition) is 0. The maximum absolute atomic E-state index is 12.0. The van der Waals surface area contributed by atoms with Gasteiger partial charge in [0.25, 0.3) is 0 Å². The van der Waals surface area contributed by atoms with Gasteiger partial charge in [0.15, 0.2) is 23.1 Å². The highest BCUT2D eigenvalue weighted by atomic mass is 16.1. The third kappa shape index (κ3) is 2.50. The molecule has 0 atom stereocenters. The van der Waals surface area contributed by atoms with Crippen molar-refractivity contribution in [1.29, 1.82) is 0 Å². The predicted octanol–water partition coefficient (Wildman–Crippen LogP) is 4.20. The Bertz CT molecular complexity index is 756. The van der Waals surface area contributed by atoms with Gasteiger partial charge in [-0.05, 0) is 77.0 Å². The Morgan fingerprint density at radius 1 is 0.286 bits per heavy atom. The van der Waals surface area contributed by atoms with Gasteiger partial charge in [-0.2, -0.15) is 0 Å². The SMILES string of the molecule is O=C1C2=C(CCC2)C(=O)C2=C1CCC2.O=C1C2=C(CCC2)C(=O)C2=C1CCC2. The summed E-state index contributed by atoms with van der Waals surface area (Å²) in [7, 11) is 0. The molecule has 0 bridgehead atoms. The Labute approximate surface area is 164 Å². The minimum absolute atomic E-state index is 0.199. The average molecular weight is 376 g/mol. The molecule has 0 saturated heterocycles. The molecule has 0 radical (unpaired) electrons. The molecule has 0 fully saturated rings. The molecule has 4 heteroatoms. The van der Waals surface area contributed by atoms with Gasteiger partial charge in [-0.15, -0.1) is 0 Å². The van der Waals surface area contributed by atoms with Gasteiger partial charge in [0.2, 0.25) is 0 Å². The number of allylic oxidation sites excluding steroid dienone is 8. The van der Waals surface area contributed by atoms with Crippen LogP contribution in [0.3, 0.4) is 0 Å². The number of carbonyl (C=O) groups excluding carboxylic acids is 4. The molecule has 6 aliphatic rings. The van der Waals surface area contributed by atoms with Crippen LogP contribution in [0.15, 0.2) is 44.6 Å². The monoisotopic (exact) mass is 376 g/mol. The van der Waals surface area contributed by atoms with Crippen LogP contribution in [0.4, 0.5) is 0 Å². The lowest BCUT2D eigenvalue weighted by Crippen LogP contribution is -2.18. The molecular formula is C24H24O4. The molecule has 6 aliphatic carbocycles. The summed E-state index contributed by atoms with van der Waals surface area (Å²) in [5.74, 6) is 0.795. The van der Waals surface area contributed by atoms with Crippen LogP contribution in [-0.4, -0.2) is 23.1 Å². The normalized spacial score (nSPS) is 26.0. The highest BCUT2D eigenvalue weighted by Crippen LogP contribution is 2.42. The van der Waals surface area contributed by atoms with Crippen molar-refractivity contribution >= 4 is 23.1 Å². The Hall–Kier alpha value is -2.36. The second kappa shape index (κ2) is 6.61. The van der Waals surface area contributed by atoms with Gasteiger partial charge < -0.3 is 0 Å². The Kier molecular flexibility index (Phi) is 4.18. The van der Waals surface area contributed by atoms with Crippen molar-refractivity contribution < 1.29 is 19.2 Å². The number of hydrogen-bond acceptors (Lipinski definition) is 4. The van der Waals surface area contributed by atoms with Crippen molar-refractivity contribution in [2.24, 2.45) is 0 Å². The first-order chi connectivity index (χ1) is 13.6. The standard InChI is InChI=1S/2C12H12O2/c2*13-11-7-3-1-4-8(7)12(14)10-6-2-5-9(10)11/h2*1-6H2. The smallest absolute Gasteiger partial charge is 0.185 e. The van der Waals surface area contributed by atoms with Crippen LogP contribution in [0.25, 0.3) is 0 Å². The average Bonchev–Trinajstić information content (AvgIpc) is 3.49. The van der Waals surface area contributed by atoms with E-state index in [2.05, 4.69) is 0 Å². The minimum atomic E-state index is 0.199. The van der Waals surface area contributed by atoms with E-state index >= 15 is 0 Å². The van der Waals surface area contributed by atoms with E-state index in [1.807, 2.05) is 0 Å². The van der Waals surface area contributed by atoms with E-state index in [0.29, 0.717) is 0 Å². The molecule has 0 aromatic heterocycles. The number of Topliss-reactive ketones (excluding diaryl/α,β-unsaturated/α-hetero) is 4. The van der Waals surface area contributed by atoms with E-state index in [1.54, 1.807) is 0 Å². The van der Waals surface area contributed by atoms with Crippen LogP contribution in [0.5, 0.6) is 0 Å². The Morgan fingerprint density at radius 2 is 0.429 bits per heavy atom. The van der Waals surface area contributed by atoms with Gasteiger partial charge in [0.1, 0.15) is 0 Å². The van der Waals surface area contributed by atoms with Crippen molar-refractivity contribution in [1.82, 2.24) is 0 Å². The van der Waals surface area contributed by atoms with Gasteiger partial charge in [-0.3, -0.25) is 19.2 Å². The van der Waals surface area contributed by atoms with Crippen LogP contribution in [-0.2, 0) is 19.2 Å². The second-order valence-corrected chi connectivity index (χ2v) is 8.56. The zero-order valence-corrected chi connectivity index (χ0v) is 16.1. The zero-order valence-electron chi connectivity index (χ0n) is 16.1. The van der Waals surface area contributed by atoms with E-state index < -0.39 is 0 Å². The molecule has 144 valence electrons. The van der Waals surface area contributed by atoms with E-state index in [1.165, 1.54) is 0 Å². The first-order valence-corrected chi connectivity index (χ1v) is 10.6. The molecule has 4 nitrogen and oxygen atoms in total. The van der Waals surface area contributed by atoms with Crippen molar-refractivity contribution in [3.8, 4) is 0 Å². The summed E-state index contributed by atoms with van der Waals surface area (Å²) in [6, 6.07) is 0. The largest absolute Gasteiger partial charge is 0.289 e. The molecule has 28 heavy (non-hydrogen) atoms. The number of carbonyl (C=O) groups is 4.